The number of amides is 1. The first-order valence-corrected chi connectivity index (χ1v) is 20.7. The van der Waals surface area contributed by atoms with E-state index < -0.39 is 0 Å². The van der Waals surface area contributed by atoms with Crippen LogP contribution in [-0.4, -0.2) is 42.4 Å². The molecule has 0 unspecified atom stereocenters. The first-order chi connectivity index (χ1) is 28.7. The normalized spacial score (nSPS) is 10.9. The number of rotatable bonds is 13. The van der Waals surface area contributed by atoms with Crippen LogP contribution < -0.4 is 5.32 Å². The molecule has 0 bridgehead atoms. The van der Waals surface area contributed by atoms with Gasteiger partial charge in [0.25, 0.3) is 0 Å². The Bertz CT molecular complexity index is 2520. The molecule has 0 fully saturated rings. The van der Waals surface area contributed by atoms with E-state index in [1.165, 1.54) is 49.5 Å². The number of hydrogen-bond acceptors (Lipinski definition) is 7. The number of nitrogens with zero attached hydrogens (tertiary/aromatic N) is 6. The SMILES string of the molecule is CCCCCCCCCC(=O)NCCCCc1ccnc2c1ccc1cccnc12.[Ru].c1cnc2c(c1)ccc1cccnc12.c1cnc2c(c1)ccc1cccnc12. The largest absolute Gasteiger partial charge is 0.356 e. The standard InChI is InChI=1S/C26H35N3O.2C12H8N2.Ru/c1-2-3-4-5-6-7-8-14-24(30)27-18-10-9-12-21-17-20-29-26-23(21)16-15-22-13-11-19-28-25(22)26;2*1-3-9-5-6-10-4-2-8-14-12(10)11(9)13-7-1;/h11,13,15-17,19-20H,2-10,12,14,18H2,1H3,(H,27,30);2*1-8H;. The van der Waals surface area contributed by atoms with Gasteiger partial charge in [0.1, 0.15) is 0 Å². The summed E-state index contributed by atoms with van der Waals surface area (Å²) in [5.74, 6) is 0.204. The van der Waals surface area contributed by atoms with Crippen molar-refractivity contribution in [1.82, 2.24) is 35.2 Å². The van der Waals surface area contributed by atoms with Crippen molar-refractivity contribution in [3.8, 4) is 0 Å². The molecule has 0 aliphatic carbocycles. The van der Waals surface area contributed by atoms with E-state index in [0.717, 1.165) is 92.3 Å². The van der Waals surface area contributed by atoms with Gasteiger partial charge in [0.2, 0.25) is 5.91 Å². The van der Waals surface area contributed by atoms with Gasteiger partial charge in [-0.25, -0.2) is 0 Å². The maximum Gasteiger partial charge on any atom is 0.219 e. The third-order valence-corrected chi connectivity index (χ3v) is 10.5. The molecular formula is C50H51N7ORu. The van der Waals surface area contributed by atoms with E-state index in [0.29, 0.717) is 6.42 Å². The van der Waals surface area contributed by atoms with E-state index in [1.54, 1.807) is 24.8 Å². The van der Waals surface area contributed by atoms with E-state index in [-0.39, 0.29) is 25.4 Å². The van der Waals surface area contributed by atoms with Gasteiger partial charge in [-0.15, -0.1) is 0 Å². The number of pyridine rings is 6. The van der Waals surface area contributed by atoms with Crippen molar-refractivity contribution in [1.29, 1.82) is 0 Å². The molecule has 0 spiro atoms. The van der Waals surface area contributed by atoms with Crippen molar-refractivity contribution >= 4 is 71.3 Å². The van der Waals surface area contributed by atoms with Crippen molar-refractivity contribution in [2.75, 3.05) is 6.54 Å². The molecule has 0 saturated carbocycles. The summed E-state index contributed by atoms with van der Waals surface area (Å²) in [5.41, 5.74) is 7.16. The molecule has 3 aromatic carbocycles. The van der Waals surface area contributed by atoms with Gasteiger partial charge >= 0.3 is 0 Å². The smallest absolute Gasteiger partial charge is 0.219 e. The number of aromatic nitrogens is 6. The summed E-state index contributed by atoms with van der Waals surface area (Å²) in [6, 6.07) is 34.7. The molecule has 6 heterocycles. The molecule has 9 heteroatoms. The fourth-order valence-electron chi connectivity index (χ4n) is 7.39. The van der Waals surface area contributed by atoms with Crippen LogP contribution in [0.3, 0.4) is 0 Å². The van der Waals surface area contributed by atoms with Crippen molar-refractivity contribution < 1.29 is 24.3 Å². The maximum absolute atomic E-state index is 12.0. The second-order valence-electron chi connectivity index (χ2n) is 14.6. The number of aryl methyl sites for hydroxylation is 1. The number of carbonyl (C=O) groups excluding carboxylic acids is 1. The summed E-state index contributed by atoms with van der Waals surface area (Å²) >= 11 is 0. The van der Waals surface area contributed by atoms with Crippen LogP contribution in [-0.2, 0) is 30.7 Å². The molecule has 8 nitrogen and oxygen atoms in total. The van der Waals surface area contributed by atoms with Crippen LogP contribution >= 0.6 is 0 Å². The van der Waals surface area contributed by atoms with Gasteiger partial charge < -0.3 is 5.32 Å². The Balaban J connectivity index is 0.000000166. The molecule has 59 heavy (non-hydrogen) atoms. The summed E-state index contributed by atoms with van der Waals surface area (Å²) in [4.78, 5) is 38.5. The predicted octanol–water partition coefficient (Wildman–Crippen LogP) is 11.9. The molecule has 1 N–H and O–H groups in total. The Kier molecular flexibility index (Phi) is 16.2. The zero-order valence-electron chi connectivity index (χ0n) is 33.7. The summed E-state index contributed by atoms with van der Waals surface area (Å²) in [6.07, 6.45) is 23.4. The molecule has 0 atom stereocenters. The number of fused-ring (bicyclic) bond motifs is 9. The number of unbranched alkanes of at least 4 members (excludes halogenated alkanes) is 7. The monoisotopic (exact) mass is 867 g/mol. The molecular weight excluding hydrogens is 816 g/mol. The van der Waals surface area contributed by atoms with E-state index in [4.69, 9.17) is 0 Å². The quantitative estimate of drug-likeness (QED) is 0.0699. The molecule has 9 rings (SSSR count). The number of benzene rings is 3. The van der Waals surface area contributed by atoms with Crippen molar-refractivity contribution in [3.63, 3.8) is 0 Å². The fourth-order valence-corrected chi connectivity index (χ4v) is 7.39. The molecule has 0 saturated heterocycles. The number of nitrogens with one attached hydrogen (secondary N) is 1. The minimum Gasteiger partial charge on any atom is -0.356 e. The topological polar surface area (TPSA) is 106 Å². The Hall–Kier alpha value is -5.79. The van der Waals surface area contributed by atoms with Crippen molar-refractivity contribution in [2.45, 2.75) is 77.6 Å². The fraction of sp³-hybridized carbons (Fsp3) is 0.260. The zero-order chi connectivity index (χ0) is 39.8. The van der Waals surface area contributed by atoms with Crippen LogP contribution in [0.4, 0.5) is 0 Å². The van der Waals surface area contributed by atoms with Crippen LogP contribution in [0.2, 0.25) is 0 Å². The van der Waals surface area contributed by atoms with E-state index in [9.17, 15) is 4.79 Å². The van der Waals surface area contributed by atoms with Crippen LogP contribution in [0.25, 0.3) is 65.4 Å². The second kappa shape index (κ2) is 22.4. The van der Waals surface area contributed by atoms with E-state index in [2.05, 4.69) is 115 Å². The van der Waals surface area contributed by atoms with Crippen LogP contribution in [0.15, 0.2) is 140 Å². The first kappa shape index (κ1) is 42.8. The third-order valence-electron chi connectivity index (χ3n) is 10.5. The second-order valence-corrected chi connectivity index (χ2v) is 14.6. The summed E-state index contributed by atoms with van der Waals surface area (Å²) in [6.45, 7) is 3.01. The Labute approximate surface area is 359 Å². The van der Waals surface area contributed by atoms with Gasteiger partial charge in [-0.2, -0.15) is 0 Å². The van der Waals surface area contributed by atoms with Gasteiger partial charge in [0, 0.05) is 102 Å². The van der Waals surface area contributed by atoms with Gasteiger partial charge in [-0.05, 0) is 67.6 Å². The van der Waals surface area contributed by atoms with E-state index >= 15 is 0 Å². The number of hydrogen-bond donors (Lipinski definition) is 1. The average Bonchev–Trinajstić information content (AvgIpc) is 3.29. The van der Waals surface area contributed by atoms with Gasteiger partial charge in [-0.3, -0.25) is 34.7 Å². The molecule has 9 aromatic rings. The third kappa shape index (κ3) is 11.5. The van der Waals surface area contributed by atoms with E-state index in [1.807, 2.05) is 42.7 Å². The summed E-state index contributed by atoms with van der Waals surface area (Å²) < 4.78 is 0. The minimum absolute atomic E-state index is 0. The molecule has 0 aliphatic rings. The van der Waals surface area contributed by atoms with Crippen molar-refractivity contribution in [3.05, 3.63) is 146 Å². The van der Waals surface area contributed by atoms with Crippen LogP contribution in [0, 0.1) is 0 Å². The zero-order valence-corrected chi connectivity index (χ0v) is 35.4. The molecule has 0 radical (unpaired) electrons. The molecule has 0 aliphatic heterocycles. The van der Waals surface area contributed by atoms with Crippen molar-refractivity contribution in [2.24, 2.45) is 0 Å². The van der Waals surface area contributed by atoms with Gasteiger partial charge in [0.15, 0.2) is 0 Å². The average molecular weight is 867 g/mol. The van der Waals surface area contributed by atoms with Crippen LogP contribution in [0.5, 0.6) is 0 Å². The minimum atomic E-state index is 0. The number of carbonyl (C=O) groups is 1. The molecule has 1 amide bonds. The Morgan fingerprint density at radius 3 is 1.32 bits per heavy atom. The van der Waals surface area contributed by atoms with Gasteiger partial charge in [0.05, 0.1) is 33.1 Å². The Morgan fingerprint density at radius 1 is 0.441 bits per heavy atom. The Morgan fingerprint density at radius 2 is 0.847 bits per heavy atom. The van der Waals surface area contributed by atoms with Gasteiger partial charge in [-0.1, -0.05) is 112 Å². The molecule has 6 aromatic heterocycles. The summed E-state index contributed by atoms with van der Waals surface area (Å²) in [5, 5.41) is 9.94. The summed E-state index contributed by atoms with van der Waals surface area (Å²) in [7, 11) is 0. The maximum atomic E-state index is 12.0. The van der Waals surface area contributed by atoms with Crippen LogP contribution in [0.1, 0.15) is 76.7 Å². The molecule has 300 valence electrons. The first-order valence-electron chi connectivity index (χ1n) is 20.7. The predicted molar refractivity (Wildman–Crippen MR) is 240 cm³/mol.